The van der Waals surface area contributed by atoms with E-state index in [0.717, 1.165) is 29.6 Å². The standard InChI is InChI=1S/C23H15N4O8.Zn/c1-10-2-3-11(25-10)6-12-4-5-13(26-12)7-14-8-16(22(32)33)20(27-14)18(23(34)35)19(24)15(21(30)31)9-17(28)29;/h1-8H,(H7,24,25,26,27,28,29,30,31,32,33,34,35);/q-1;/p-1. The number of carboxylic acids is 4. The molecular weight excluding hydrogens is 526 g/mol. The second kappa shape index (κ2) is 10.7. The van der Waals surface area contributed by atoms with E-state index >= 15 is 0 Å². The first-order valence-corrected chi connectivity index (χ1v) is 11.6. The summed E-state index contributed by atoms with van der Waals surface area (Å²) in [6.45, 7) is 0. The van der Waals surface area contributed by atoms with E-state index in [4.69, 9.17) is 10.8 Å². The van der Waals surface area contributed by atoms with Crippen LogP contribution in [-0.4, -0.2) is 65.3 Å². The van der Waals surface area contributed by atoms with Crippen molar-refractivity contribution in [2.75, 3.05) is 0 Å². The second-order valence-electron chi connectivity index (χ2n) is 7.07. The van der Waals surface area contributed by atoms with E-state index in [1.54, 1.807) is 18.2 Å². The third kappa shape index (κ3) is 5.83. The molecule has 0 aliphatic carbocycles. The molecule has 0 bridgehead atoms. The molecule has 0 saturated heterocycles. The molecule has 0 saturated carbocycles. The Morgan fingerprint density at radius 2 is 1.53 bits per heavy atom. The van der Waals surface area contributed by atoms with E-state index < -0.39 is 52.0 Å². The molecule has 1 aromatic heterocycles. The Labute approximate surface area is 211 Å². The molecule has 3 heterocycles. The molecule has 13 heteroatoms. The number of aromatic carboxylic acids is 1. The minimum atomic E-state index is -1.92. The van der Waals surface area contributed by atoms with Gasteiger partial charge in [0.15, 0.2) is 0 Å². The first kappa shape index (κ1) is 25.8. The molecule has 0 unspecified atom stereocenters. The smallest absolute Gasteiger partial charge is 0.478 e. The number of aliphatic imine (C=N–C) groups is 2. The van der Waals surface area contributed by atoms with E-state index in [1.807, 2.05) is 16.8 Å². The van der Waals surface area contributed by atoms with Gasteiger partial charge >= 0.3 is 132 Å². The molecule has 6 N–H and O–H groups in total. The van der Waals surface area contributed by atoms with Gasteiger partial charge in [-0.15, -0.1) is 5.57 Å². The molecule has 36 heavy (non-hydrogen) atoms. The van der Waals surface area contributed by atoms with Crippen LogP contribution < -0.4 is 0 Å². The van der Waals surface area contributed by atoms with Crippen molar-refractivity contribution in [3.63, 3.8) is 0 Å². The molecule has 3 rings (SSSR count). The van der Waals surface area contributed by atoms with Gasteiger partial charge in [-0.2, -0.15) is 0 Å². The fourth-order valence-electron chi connectivity index (χ4n) is 3.17. The number of aliphatic carboxylic acids is 3. The predicted octanol–water partition coefficient (Wildman–Crippen LogP) is 2.05. The van der Waals surface area contributed by atoms with Crippen LogP contribution in [-0.2, 0) is 32.2 Å². The monoisotopic (exact) mass is 538 g/mol. The Kier molecular flexibility index (Phi) is 7.65. The zero-order valence-electron chi connectivity index (χ0n) is 18.1. The molecule has 0 spiro atoms. The molecule has 12 nitrogen and oxygen atoms in total. The van der Waals surface area contributed by atoms with Crippen molar-refractivity contribution >= 4 is 51.6 Å². The second-order valence-corrected chi connectivity index (χ2v) is 7.92. The molecule has 0 aromatic carbocycles. The number of carboxylic acid groups (broad SMARTS) is 4. The van der Waals surface area contributed by atoms with Gasteiger partial charge < -0.3 is 31.0 Å². The fourth-order valence-corrected chi connectivity index (χ4v) is 3.64. The summed E-state index contributed by atoms with van der Waals surface area (Å²) in [5.74, 6) is -7.18. The minimum Gasteiger partial charge on any atom is -0.478 e. The quantitative estimate of drug-likeness (QED) is 0.135. The SMILES string of the molecule is [NH-]/C(C(=[C-]C(=O)O)C(=O)O)=C(/C(=O)O)c1[nH]c(C=C2C=CC(C=C3C=CC([CH]=[Zn])=N3)=N2)cc1C(=O)O. The fraction of sp³-hybridized carbons (Fsp3) is 0. The van der Waals surface area contributed by atoms with Gasteiger partial charge in [-0.3, -0.25) is 4.79 Å². The number of allylic oxidation sites excluding steroid dienone is 5. The Balaban J connectivity index is 2.07. The molecule has 1 aromatic rings. The van der Waals surface area contributed by atoms with Crippen LogP contribution in [0.3, 0.4) is 0 Å². The number of hydrogen-bond donors (Lipinski definition) is 5. The summed E-state index contributed by atoms with van der Waals surface area (Å²) in [6.07, 6.45) is 11.6. The normalized spacial score (nSPS) is 17.8. The van der Waals surface area contributed by atoms with Crippen molar-refractivity contribution in [1.29, 1.82) is 0 Å². The number of H-pyrrole nitrogens is 1. The van der Waals surface area contributed by atoms with E-state index in [9.17, 15) is 34.5 Å². The molecule has 2 aliphatic heterocycles. The summed E-state index contributed by atoms with van der Waals surface area (Å²) in [5, 5.41) is 37.2. The average molecular weight is 540 g/mol. The zero-order valence-corrected chi connectivity index (χ0v) is 21.1. The number of nitrogens with one attached hydrogen (secondary N) is 2. The maximum atomic E-state index is 11.9. The minimum absolute atomic E-state index is 0.0976. The molecule has 0 fully saturated rings. The van der Waals surface area contributed by atoms with Gasteiger partial charge in [0.25, 0.3) is 5.97 Å². The van der Waals surface area contributed by atoms with Crippen molar-refractivity contribution in [2.45, 2.75) is 0 Å². The van der Waals surface area contributed by atoms with Crippen LogP contribution in [0.5, 0.6) is 0 Å². The number of aromatic nitrogens is 1. The summed E-state index contributed by atoms with van der Waals surface area (Å²) >= 11 is 0.965. The Hall–Kier alpha value is -4.77. The van der Waals surface area contributed by atoms with Gasteiger partial charge in [-0.05, 0) is 0 Å². The summed E-state index contributed by atoms with van der Waals surface area (Å²) in [4.78, 5) is 57.3. The predicted molar refractivity (Wildman–Crippen MR) is 124 cm³/mol. The third-order valence-corrected chi connectivity index (χ3v) is 5.53. The first-order chi connectivity index (χ1) is 17.0. The van der Waals surface area contributed by atoms with Crippen LogP contribution in [0.4, 0.5) is 0 Å². The van der Waals surface area contributed by atoms with E-state index in [-0.39, 0.29) is 5.69 Å². The Morgan fingerprint density at radius 3 is 2.06 bits per heavy atom. The van der Waals surface area contributed by atoms with Crippen molar-refractivity contribution in [3.8, 4) is 0 Å². The molecule has 2 aliphatic rings. The van der Waals surface area contributed by atoms with Crippen LogP contribution in [0.25, 0.3) is 17.4 Å². The zero-order chi connectivity index (χ0) is 26.6. The van der Waals surface area contributed by atoms with Crippen LogP contribution >= 0.6 is 0 Å². The Bertz CT molecular complexity index is 1460. The molecule has 0 amide bonds. The van der Waals surface area contributed by atoms with E-state index in [0.29, 0.717) is 17.1 Å². The van der Waals surface area contributed by atoms with Crippen LogP contribution in [0, 0.1) is 6.08 Å². The van der Waals surface area contributed by atoms with Crippen LogP contribution in [0.2, 0.25) is 0 Å². The van der Waals surface area contributed by atoms with Crippen molar-refractivity contribution < 1.29 is 57.5 Å². The molecule has 0 atom stereocenters. The van der Waals surface area contributed by atoms with Gasteiger partial charge in [0.1, 0.15) is 0 Å². The van der Waals surface area contributed by atoms with Crippen molar-refractivity contribution in [1.82, 2.24) is 4.98 Å². The van der Waals surface area contributed by atoms with Crippen molar-refractivity contribution in [2.24, 2.45) is 9.98 Å². The topological polar surface area (TPSA) is 214 Å². The van der Waals surface area contributed by atoms with Gasteiger partial charge in [-0.1, -0.05) is 6.08 Å². The average Bonchev–Trinajstić information content (AvgIpc) is 3.52. The number of rotatable bonds is 9. The number of nitrogens with zero attached hydrogens (tertiary/aromatic N) is 2. The van der Waals surface area contributed by atoms with Gasteiger partial charge in [0.05, 0.1) is 0 Å². The van der Waals surface area contributed by atoms with Crippen LogP contribution in [0.1, 0.15) is 21.7 Å². The summed E-state index contributed by atoms with van der Waals surface area (Å²) in [6, 6.07) is 1.09. The number of carbonyl (C=O) groups is 4. The third-order valence-electron chi connectivity index (χ3n) is 4.65. The van der Waals surface area contributed by atoms with Gasteiger partial charge in [-0.25, -0.2) is 15.3 Å². The summed E-state index contributed by atoms with van der Waals surface area (Å²) < 4.78 is 1.97. The first-order valence-electron chi connectivity index (χ1n) is 9.86. The molecule has 0 radical (unpaired) electrons. The van der Waals surface area contributed by atoms with E-state index in [1.165, 1.54) is 12.2 Å². The molecule has 178 valence electrons. The summed E-state index contributed by atoms with van der Waals surface area (Å²) in [5.41, 5.74) is 5.87. The van der Waals surface area contributed by atoms with Crippen LogP contribution in [0.15, 0.2) is 69.1 Å². The number of hydrogen-bond acceptors (Lipinski definition) is 6. The summed E-state index contributed by atoms with van der Waals surface area (Å²) in [7, 11) is 0. The van der Waals surface area contributed by atoms with Gasteiger partial charge in [0, 0.05) is 5.57 Å². The Morgan fingerprint density at radius 1 is 0.917 bits per heavy atom. The van der Waals surface area contributed by atoms with E-state index in [2.05, 4.69) is 15.0 Å². The van der Waals surface area contributed by atoms with Crippen molar-refractivity contribution in [3.05, 3.63) is 87.9 Å². The molecular formula is C23H14N4O8Zn-2. The maximum absolute atomic E-state index is 11.9. The number of aromatic amines is 1. The van der Waals surface area contributed by atoms with Gasteiger partial charge in [0.2, 0.25) is 5.97 Å².